The van der Waals surface area contributed by atoms with Gasteiger partial charge in [-0.05, 0) is 38.8 Å². The summed E-state index contributed by atoms with van der Waals surface area (Å²) in [7, 11) is 1.62. The Kier molecular flexibility index (Phi) is 8.06. The molecular formula is C14H27NO5. The second kappa shape index (κ2) is 9.28. The van der Waals surface area contributed by atoms with Gasteiger partial charge in [0, 0.05) is 20.1 Å². The molecule has 2 atom stereocenters. The van der Waals surface area contributed by atoms with Crippen LogP contribution in [0.4, 0.5) is 0 Å². The Hall–Kier alpha value is -0.690. The van der Waals surface area contributed by atoms with Crippen LogP contribution in [0, 0.1) is 5.92 Å². The molecule has 0 aromatic heterocycles. The molecule has 0 saturated carbocycles. The number of likely N-dealkylation sites (tertiary alicyclic amines) is 1. The fourth-order valence-corrected chi connectivity index (χ4v) is 2.53. The van der Waals surface area contributed by atoms with Crippen molar-refractivity contribution in [2.75, 3.05) is 40.0 Å². The first kappa shape index (κ1) is 17.4. The molecule has 0 aromatic carbocycles. The van der Waals surface area contributed by atoms with E-state index in [9.17, 15) is 9.90 Å². The minimum atomic E-state index is -0.719. The van der Waals surface area contributed by atoms with Gasteiger partial charge in [0.05, 0.1) is 25.4 Å². The molecule has 2 N–H and O–H groups in total. The van der Waals surface area contributed by atoms with Crippen molar-refractivity contribution in [3.8, 4) is 0 Å². The van der Waals surface area contributed by atoms with Gasteiger partial charge < -0.3 is 24.6 Å². The second-order valence-corrected chi connectivity index (χ2v) is 5.59. The molecule has 0 amide bonds. The summed E-state index contributed by atoms with van der Waals surface area (Å²) in [4.78, 5) is 12.8. The molecule has 1 heterocycles. The normalized spacial score (nSPS) is 20.8. The Balaban J connectivity index is 2.14. The highest BCUT2D eigenvalue weighted by Gasteiger charge is 2.22. The van der Waals surface area contributed by atoms with Crippen LogP contribution < -0.4 is 0 Å². The minimum absolute atomic E-state index is 0.0176. The molecule has 0 bridgehead atoms. The predicted octanol–water partition coefficient (Wildman–Crippen LogP) is 0.586. The number of hydrogen-bond donors (Lipinski definition) is 2. The monoisotopic (exact) mass is 289 g/mol. The average molecular weight is 289 g/mol. The third kappa shape index (κ3) is 7.19. The fraction of sp³-hybridized carbons (Fsp3) is 0.929. The van der Waals surface area contributed by atoms with E-state index in [1.807, 2.05) is 6.92 Å². The Morgan fingerprint density at radius 3 is 2.55 bits per heavy atom. The van der Waals surface area contributed by atoms with Crippen molar-refractivity contribution < 1.29 is 24.5 Å². The highest BCUT2D eigenvalue weighted by atomic mass is 16.5. The number of piperidine rings is 1. The summed E-state index contributed by atoms with van der Waals surface area (Å²) in [5, 5.41) is 18.7. The number of aliphatic hydroxyl groups excluding tert-OH is 1. The molecule has 118 valence electrons. The third-order valence-electron chi connectivity index (χ3n) is 3.61. The van der Waals surface area contributed by atoms with Crippen LogP contribution in [0.5, 0.6) is 0 Å². The number of aliphatic carboxylic acids is 1. The molecule has 20 heavy (non-hydrogen) atoms. The van der Waals surface area contributed by atoms with E-state index in [-0.39, 0.29) is 18.4 Å². The van der Waals surface area contributed by atoms with Gasteiger partial charge in [-0.1, -0.05) is 0 Å². The summed E-state index contributed by atoms with van der Waals surface area (Å²) in [6.07, 6.45) is 1.51. The largest absolute Gasteiger partial charge is 0.481 e. The van der Waals surface area contributed by atoms with E-state index in [0.29, 0.717) is 19.8 Å². The zero-order valence-electron chi connectivity index (χ0n) is 12.5. The molecule has 0 spiro atoms. The van der Waals surface area contributed by atoms with E-state index in [2.05, 4.69) is 4.90 Å². The van der Waals surface area contributed by atoms with Crippen molar-refractivity contribution in [1.82, 2.24) is 4.90 Å². The maximum Gasteiger partial charge on any atom is 0.303 e. The van der Waals surface area contributed by atoms with Crippen molar-refractivity contribution in [2.45, 2.75) is 38.4 Å². The van der Waals surface area contributed by atoms with E-state index >= 15 is 0 Å². The summed E-state index contributed by atoms with van der Waals surface area (Å²) < 4.78 is 10.4. The predicted molar refractivity (Wildman–Crippen MR) is 74.7 cm³/mol. The Bertz CT molecular complexity index is 279. The van der Waals surface area contributed by atoms with Crippen LogP contribution in [-0.4, -0.2) is 73.2 Å². The summed E-state index contributed by atoms with van der Waals surface area (Å²) in [5.41, 5.74) is 0. The third-order valence-corrected chi connectivity index (χ3v) is 3.61. The number of carboxylic acid groups (broad SMARTS) is 1. The van der Waals surface area contributed by atoms with E-state index in [0.717, 1.165) is 25.9 Å². The molecule has 1 rings (SSSR count). The molecule has 1 fully saturated rings. The van der Waals surface area contributed by atoms with Crippen molar-refractivity contribution in [3.05, 3.63) is 0 Å². The van der Waals surface area contributed by atoms with Crippen LogP contribution >= 0.6 is 0 Å². The van der Waals surface area contributed by atoms with Gasteiger partial charge in [0.25, 0.3) is 0 Å². The van der Waals surface area contributed by atoms with Gasteiger partial charge in [-0.25, -0.2) is 0 Å². The highest BCUT2D eigenvalue weighted by molar-refractivity contribution is 5.67. The first-order chi connectivity index (χ1) is 9.51. The number of rotatable bonds is 9. The number of ether oxygens (including phenoxy) is 2. The lowest BCUT2D eigenvalue weighted by Crippen LogP contribution is -2.41. The Morgan fingerprint density at radius 2 is 2.00 bits per heavy atom. The standard InChI is InChI=1S/C14H27NO5/c1-11(9-19-2)20-10-13(16)8-15-5-3-12(4-6-15)7-14(17)18/h11-13,16H,3-10H2,1-2H3,(H,17,18). The Labute approximate surface area is 120 Å². The zero-order valence-corrected chi connectivity index (χ0v) is 12.5. The van der Waals surface area contributed by atoms with Crippen LogP contribution in [0.2, 0.25) is 0 Å². The van der Waals surface area contributed by atoms with Crippen molar-refractivity contribution in [1.29, 1.82) is 0 Å². The van der Waals surface area contributed by atoms with Gasteiger partial charge in [0.2, 0.25) is 0 Å². The molecular weight excluding hydrogens is 262 g/mol. The summed E-state index contributed by atoms with van der Waals surface area (Å²) in [6.45, 7) is 5.02. The number of carboxylic acids is 1. The summed E-state index contributed by atoms with van der Waals surface area (Å²) in [6, 6.07) is 0. The lowest BCUT2D eigenvalue weighted by molar-refractivity contribution is -0.138. The second-order valence-electron chi connectivity index (χ2n) is 5.59. The summed E-state index contributed by atoms with van der Waals surface area (Å²) >= 11 is 0. The number of β-amino-alcohol motifs (C(OH)–C–C–N with tert-alkyl or cyclic N) is 1. The molecule has 0 aliphatic carbocycles. The first-order valence-electron chi connectivity index (χ1n) is 7.24. The van der Waals surface area contributed by atoms with E-state index in [4.69, 9.17) is 14.6 Å². The summed E-state index contributed by atoms with van der Waals surface area (Å²) in [5.74, 6) is -0.442. The van der Waals surface area contributed by atoms with Crippen molar-refractivity contribution in [3.63, 3.8) is 0 Å². The number of carbonyl (C=O) groups is 1. The van der Waals surface area contributed by atoms with Gasteiger partial charge in [0.15, 0.2) is 0 Å². The van der Waals surface area contributed by atoms with E-state index in [1.165, 1.54) is 0 Å². The maximum absolute atomic E-state index is 10.6. The maximum atomic E-state index is 10.6. The van der Waals surface area contributed by atoms with Crippen LogP contribution in [0.15, 0.2) is 0 Å². The molecule has 0 radical (unpaired) electrons. The molecule has 1 aliphatic heterocycles. The molecule has 0 aromatic rings. The van der Waals surface area contributed by atoms with Gasteiger partial charge in [-0.15, -0.1) is 0 Å². The fourth-order valence-electron chi connectivity index (χ4n) is 2.53. The average Bonchev–Trinajstić information content (AvgIpc) is 2.38. The topological polar surface area (TPSA) is 79.2 Å². The van der Waals surface area contributed by atoms with Crippen molar-refractivity contribution in [2.24, 2.45) is 5.92 Å². The van der Waals surface area contributed by atoms with Crippen molar-refractivity contribution >= 4 is 5.97 Å². The number of aliphatic hydroxyl groups is 1. The lowest BCUT2D eigenvalue weighted by atomic mass is 9.93. The van der Waals surface area contributed by atoms with Crippen LogP contribution in [0.1, 0.15) is 26.2 Å². The molecule has 6 heteroatoms. The van der Waals surface area contributed by atoms with Gasteiger partial charge in [-0.3, -0.25) is 4.79 Å². The smallest absolute Gasteiger partial charge is 0.303 e. The highest BCUT2D eigenvalue weighted by Crippen LogP contribution is 2.20. The number of hydrogen-bond acceptors (Lipinski definition) is 5. The molecule has 1 saturated heterocycles. The quantitative estimate of drug-likeness (QED) is 0.646. The number of methoxy groups -OCH3 is 1. The van der Waals surface area contributed by atoms with E-state index < -0.39 is 12.1 Å². The first-order valence-corrected chi connectivity index (χ1v) is 7.24. The molecule has 1 aliphatic rings. The molecule has 2 unspecified atom stereocenters. The van der Waals surface area contributed by atoms with Crippen LogP contribution in [0.25, 0.3) is 0 Å². The van der Waals surface area contributed by atoms with Crippen LogP contribution in [0.3, 0.4) is 0 Å². The van der Waals surface area contributed by atoms with Gasteiger partial charge >= 0.3 is 5.97 Å². The van der Waals surface area contributed by atoms with Crippen LogP contribution in [-0.2, 0) is 14.3 Å². The van der Waals surface area contributed by atoms with E-state index in [1.54, 1.807) is 7.11 Å². The Morgan fingerprint density at radius 1 is 1.35 bits per heavy atom. The SMILES string of the molecule is COCC(C)OCC(O)CN1CCC(CC(=O)O)CC1. The van der Waals surface area contributed by atoms with Gasteiger partial charge in [0.1, 0.15) is 0 Å². The zero-order chi connectivity index (χ0) is 15.0. The molecule has 6 nitrogen and oxygen atoms in total. The lowest BCUT2D eigenvalue weighted by Gasteiger charge is -2.32. The number of nitrogens with zero attached hydrogens (tertiary/aromatic N) is 1. The minimum Gasteiger partial charge on any atom is -0.481 e. The van der Waals surface area contributed by atoms with Gasteiger partial charge in [-0.2, -0.15) is 0 Å².